The van der Waals surface area contributed by atoms with Gasteiger partial charge in [-0.25, -0.2) is 0 Å². The second-order valence-electron chi connectivity index (χ2n) is 8.55. The number of carbonyl (C=O) groups excluding carboxylic acids is 1. The van der Waals surface area contributed by atoms with E-state index in [-0.39, 0.29) is 25.8 Å². The normalized spacial score (nSPS) is 13.3. The summed E-state index contributed by atoms with van der Waals surface area (Å²) in [4.78, 5) is 11.4. The third-order valence-electron chi connectivity index (χ3n) is 5.53. The van der Waals surface area contributed by atoms with E-state index in [0.29, 0.717) is 6.42 Å². The molecule has 30 heavy (non-hydrogen) atoms. The minimum Gasteiger partial charge on any atom is -0.463 e. The monoisotopic (exact) mass is 432 g/mol. The maximum Gasteiger partial charge on any atom is 0.305 e. The molecule has 0 saturated carbocycles. The van der Waals surface area contributed by atoms with Crippen LogP contribution in [0.3, 0.4) is 0 Å². The zero-order valence-electron chi connectivity index (χ0n) is 19.1. The summed E-state index contributed by atoms with van der Waals surface area (Å²) >= 11 is 0. The van der Waals surface area contributed by atoms with Gasteiger partial charge in [-0.1, -0.05) is 96.3 Å². The number of hydrogen-bond acceptors (Lipinski definition) is 6. The number of aliphatic hydroxyl groups is 4. The van der Waals surface area contributed by atoms with Gasteiger partial charge in [-0.2, -0.15) is 0 Å². The molecule has 6 heteroatoms. The molecule has 0 aliphatic carbocycles. The lowest BCUT2D eigenvalue weighted by atomic mass is 10.0. The maximum atomic E-state index is 11.4. The van der Waals surface area contributed by atoms with E-state index in [2.05, 4.69) is 0 Å². The number of hydrogen-bond donors (Lipinski definition) is 4. The van der Waals surface area contributed by atoms with Crippen molar-refractivity contribution in [3.8, 4) is 0 Å². The summed E-state index contributed by atoms with van der Waals surface area (Å²) in [5, 5.41) is 35.8. The molecule has 0 spiro atoms. The Morgan fingerprint density at radius 3 is 1.33 bits per heavy atom. The van der Waals surface area contributed by atoms with Crippen LogP contribution in [0.4, 0.5) is 0 Å². The third kappa shape index (κ3) is 22.0. The van der Waals surface area contributed by atoms with Gasteiger partial charge < -0.3 is 25.2 Å². The fourth-order valence-electron chi connectivity index (χ4n) is 3.53. The first-order chi connectivity index (χ1) is 14.6. The fourth-order valence-corrected chi connectivity index (χ4v) is 3.53. The number of ether oxygens (including phenoxy) is 1. The Hall–Kier alpha value is -0.690. The van der Waals surface area contributed by atoms with Crippen molar-refractivity contribution in [2.75, 3.05) is 19.8 Å². The van der Waals surface area contributed by atoms with Gasteiger partial charge in [-0.05, 0) is 12.8 Å². The van der Waals surface area contributed by atoms with Crippen LogP contribution in [-0.2, 0) is 9.53 Å². The van der Waals surface area contributed by atoms with Crippen LogP contribution in [0.5, 0.6) is 0 Å². The van der Waals surface area contributed by atoms with Crippen molar-refractivity contribution in [1.82, 2.24) is 0 Å². The topological polar surface area (TPSA) is 107 Å². The van der Waals surface area contributed by atoms with Crippen LogP contribution in [0.15, 0.2) is 0 Å². The standard InChI is InChI=1S/C24H48O6/c25-19-22(27)17-15-13-11-9-7-5-3-1-2-4-6-8-10-12-14-16-18-24(29)30-21-23(28)20-26/h22-23,25-28H,1-21H2. The van der Waals surface area contributed by atoms with Crippen LogP contribution in [-0.4, -0.2) is 58.4 Å². The van der Waals surface area contributed by atoms with Gasteiger partial charge in [-0.3, -0.25) is 4.79 Å². The quantitative estimate of drug-likeness (QED) is 0.142. The van der Waals surface area contributed by atoms with Gasteiger partial charge in [0.1, 0.15) is 12.7 Å². The molecule has 6 nitrogen and oxygen atoms in total. The van der Waals surface area contributed by atoms with Gasteiger partial charge in [0.25, 0.3) is 0 Å². The fraction of sp³-hybridized carbons (Fsp3) is 0.958. The molecule has 0 aliphatic rings. The van der Waals surface area contributed by atoms with E-state index in [1.165, 1.54) is 70.6 Å². The van der Waals surface area contributed by atoms with E-state index in [1.807, 2.05) is 0 Å². The number of esters is 1. The van der Waals surface area contributed by atoms with Crippen molar-refractivity contribution in [3.63, 3.8) is 0 Å². The molecule has 0 saturated heterocycles. The highest BCUT2D eigenvalue weighted by Gasteiger charge is 2.07. The van der Waals surface area contributed by atoms with Crippen molar-refractivity contribution < 1.29 is 30.0 Å². The first-order valence-electron chi connectivity index (χ1n) is 12.3. The van der Waals surface area contributed by atoms with Crippen molar-refractivity contribution in [3.05, 3.63) is 0 Å². The van der Waals surface area contributed by atoms with E-state index in [1.54, 1.807) is 0 Å². The third-order valence-corrected chi connectivity index (χ3v) is 5.53. The van der Waals surface area contributed by atoms with Crippen LogP contribution in [0.2, 0.25) is 0 Å². The molecule has 0 aliphatic heterocycles. The highest BCUT2D eigenvalue weighted by atomic mass is 16.5. The molecule has 180 valence electrons. The summed E-state index contributed by atoms with van der Waals surface area (Å²) in [6, 6.07) is 0. The molecule has 0 heterocycles. The Morgan fingerprint density at radius 2 is 0.933 bits per heavy atom. The molecule has 4 N–H and O–H groups in total. The first kappa shape index (κ1) is 29.3. The Kier molecular flexibility index (Phi) is 22.5. The predicted octanol–water partition coefficient (Wildman–Crippen LogP) is 4.26. The van der Waals surface area contributed by atoms with Crippen molar-refractivity contribution in [2.24, 2.45) is 0 Å². The minimum absolute atomic E-state index is 0.113. The van der Waals surface area contributed by atoms with Crippen LogP contribution in [0.1, 0.15) is 116 Å². The van der Waals surface area contributed by atoms with Crippen molar-refractivity contribution in [2.45, 2.75) is 128 Å². The lowest BCUT2D eigenvalue weighted by Crippen LogP contribution is -2.21. The van der Waals surface area contributed by atoms with Crippen LogP contribution in [0, 0.1) is 0 Å². The van der Waals surface area contributed by atoms with Gasteiger partial charge in [0.15, 0.2) is 0 Å². The lowest BCUT2D eigenvalue weighted by Gasteiger charge is -2.08. The van der Waals surface area contributed by atoms with Crippen LogP contribution < -0.4 is 0 Å². The number of aliphatic hydroxyl groups excluding tert-OH is 4. The highest BCUT2D eigenvalue weighted by molar-refractivity contribution is 5.69. The van der Waals surface area contributed by atoms with Crippen molar-refractivity contribution in [1.29, 1.82) is 0 Å². The first-order valence-corrected chi connectivity index (χ1v) is 12.3. The molecular formula is C24H48O6. The van der Waals surface area contributed by atoms with Crippen LogP contribution >= 0.6 is 0 Å². The molecule has 2 unspecified atom stereocenters. The molecule has 0 aromatic rings. The summed E-state index contributed by atoms with van der Waals surface area (Å²) in [6.45, 7) is -0.612. The van der Waals surface area contributed by atoms with Gasteiger partial charge in [0.05, 0.1) is 19.3 Å². The second kappa shape index (κ2) is 23.0. The molecule has 0 rings (SSSR count). The minimum atomic E-state index is -0.969. The molecule has 2 atom stereocenters. The second-order valence-corrected chi connectivity index (χ2v) is 8.55. The maximum absolute atomic E-state index is 11.4. The Labute approximate surface area is 184 Å². The average Bonchev–Trinajstić information content (AvgIpc) is 2.76. The molecule has 0 radical (unpaired) electrons. The summed E-state index contributed by atoms with van der Waals surface area (Å²) in [5.41, 5.74) is 0. The largest absolute Gasteiger partial charge is 0.463 e. The Balaban J connectivity index is 3.14. The molecule has 0 aromatic carbocycles. The Morgan fingerprint density at radius 1 is 0.567 bits per heavy atom. The highest BCUT2D eigenvalue weighted by Crippen LogP contribution is 2.14. The molecule has 0 fully saturated rings. The molecule has 0 aromatic heterocycles. The average molecular weight is 433 g/mol. The van der Waals surface area contributed by atoms with E-state index in [9.17, 15) is 9.90 Å². The predicted molar refractivity (Wildman–Crippen MR) is 120 cm³/mol. The van der Waals surface area contributed by atoms with Gasteiger partial charge in [0.2, 0.25) is 0 Å². The summed E-state index contributed by atoms with van der Waals surface area (Å²) in [7, 11) is 0. The van der Waals surface area contributed by atoms with E-state index in [4.69, 9.17) is 20.1 Å². The van der Waals surface area contributed by atoms with E-state index >= 15 is 0 Å². The van der Waals surface area contributed by atoms with Gasteiger partial charge in [0, 0.05) is 6.42 Å². The Bertz CT molecular complexity index is 364. The van der Waals surface area contributed by atoms with E-state index in [0.717, 1.165) is 38.5 Å². The summed E-state index contributed by atoms with van der Waals surface area (Å²) in [6.07, 6.45) is 19.2. The number of unbranched alkanes of at least 4 members (excludes halogenated alkanes) is 15. The summed E-state index contributed by atoms with van der Waals surface area (Å²) < 4.78 is 4.87. The number of carbonyl (C=O) groups is 1. The van der Waals surface area contributed by atoms with Crippen LogP contribution in [0.25, 0.3) is 0 Å². The zero-order valence-corrected chi connectivity index (χ0v) is 19.1. The molecular weight excluding hydrogens is 384 g/mol. The lowest BCUT2D eigenvalue weighted by molar-refractivity contribution is -0.147. The van der Waals surface area contributed by atoms with Gasteiger partial charge >= 0.3 is 5.97 Å². The van der Waals surface area contributed by atoms with E-state index < -0.39 is 12.2 Å². The zero-order chi connectivity index (χ0) is 22.3. The SMILES string of the molecule is O=C(CCCCCCCCCCCCCCCCCCC(O)CO)OCC(O)CO. The van der Waals surface area contributed by atoms with Gasteiger partial charge in [-0.15, -0.1) is 0 Å². The molecule has 0 amide bonds. The number of rotatable bonds is 23. The van der Waals surface area contributed by atoms with Crippen molar-refractivity contribution >= 4 is 5.97 Å². The smallest absolute Gasteiger partial charge is 0.305 e. The summed E-state index contributed by atoms with van der Waals surface area (Å²) in [5.74, 6) is -0.291. The molecule has 0 bridgehead atoms.